The molecule has 8 bridgehead atoms. The first-order valence-corrected chi connectivity index (χ1v) is 15.0. The van der Waals surface area contributed by atoms with Crippen molar-refractivity contribution in [3.8, 4) is 11.1 Å². The van der Waals surface area contributed by atoms with Gasteiger partial charge in [-0.25, -0.2) is 11.1 Å². The van der Waals surface area contributed by atoms with Crippen LogP contribution in [0.5, 0.6) is 0 Å². The second kappa shape index (κ2) is 10.8. The maximum absolute atomic E-state index is 5.59. The van der Waals surface area contributed by atoms with E-state index in [4.69, 9.17) is 9.98 Å². The van der Waals surface area contributed by atoms with Crippen LogP contribution in [0.3, 0.4) is 0 Å². The molecule has 0 radical (unpaired) electrons. The Bertz CT molecular complexity index is 1700. The standard InChI is InChI=1S/C40H36N2.Pt/c1-25-33(27-15-9-7-10-16-27)35-36-34(28-17-11-8-12-18-28)26(2)38(42-36)40(5,6)32-22-14-20-30(24-32)29-19-13-21-31(23-29)39(3,4)37(25)41-35;/h7-22,25-26H,1-6H3;/q-2;+2. The summed E-state index contributed by atoms with van der Waals surface area (Å²) in [5.41, 5.74) is 12.9. The van der Waals surface area contributed by atoms with Gasteiger partial charge in [0.2, 0.25) is 0 Å². The van der Waals surface area contributed by atoms with Crippen molar-refractivity contribution in [3.05, 3.63) is 143 Å². The van der Waals surface area contributed by atoms with E-state index in [0.717, 1.165) is 45.1 Å². The molecule has 0 N–H and O–H groups in total. The number of nitrogens with zero attached hydrogens (tertiary/aromatic N) is 2. The Kier molecular flexibility index (Phi) is 7.42. The number of benzene rings is 4. The minimum atomic E-state index is -0.345. The van der Waals surface area contributed by atoms with Gasteiger partial charge in [-0.1, -0.05) is 102 Å². The van der Waals surface area contributed by atoms with Crippen LogP contribution in [0.4, 0.5) is 0 Å². The van der Waals surface area contributed by atoms with Gasteiger partial charge >= 0.3 is 21.1 Å². The first-order chi connectivity index (χ1) is 20.2. The molecule has 216 valence electrons. The summed E-state index contributed by atoms with van der Waals surface area (Å²) in [5.74, 6) is 0.221. The molecule has 3 heterocycles. The molecular formula is C40H36N2Pt. The maximum Gasteiger partial charge on any atom is 2.00 e. The van der Waals surface area contributed by atoms with Crippen molar-refractivity contribution < 1.29 is 21.1 Å². The Labute approximate surface area is 270 Å². The van der Waals surface area contributed by atoms with Gasteiger partial charge in [0.15, 0.2) is 0 Å². The van der Waals surface area contributed by atoms with Crippen molar-refractivity contribution >= 4 is 22.6 Å². The van der Waals surface area contributed by atoms with E-state index in [-0.39, 0.29) is 43.7 Å². The summed E-state index contributed by atoms with van der Waals surface area (Å²) in [5, 5.41) is 0. The van der Waals surface area contributed by atoms with Crippen LogP contribution >= 0.6 is 0 Å². The van der Waals surface area contributed by atoms with E-state index >= 15 is 0 Å². The topological polar surface area (TPSA) is 24.7 Å². The summed E-state index contributed by atoms with van der Waals surface area (Å²) in [6.45, 7) is 13.8. The van der Waals surface area contributed by atoms with Gasteiger partial charge in [0.25, 0.3) is 0 Å². The minimum absolute atomic E-state index is 0. The van der Waals surface area contributed by atoms with Crippen molar-refractivity contribution in [2.75, 3.05) is 0 Å². The maximum atomic E-state index is 5.59. The predicted molar refractivity (Wildman–Crippen MR) is 176 cm³/mol. The number of hydrogen-bond acceptors (Lipinski definition) is 2. The number of aliphatic imine (C=N–C) groups is 2. The van der Waals surface area contributed by atoms with Crippen LogP contribution in [0.25, 0.3) is 22.3 Å². The number of rotatable bonds is 2. The zero-order valence-electron chi connectivity index (χ0n) is 25.6. The van der Waals surface area contributed by atoms with Crippen LogP contribution in [0.2, 0.25) is 0 Å². The Morgan fingerprint density at radius 1 is 0.512 bits per heavy atom. The Hall–Kier alpha value is -3.61. The summed E-state index contributed by atoms with van der Waals surface area (Å²) in [6.07, 6.45) is 0. The van der Waals surface area contributed by atoms with Gasteiger partial charge in [-0.3, -0.25) is 9.98 Å². The molecule has 4 aromatic carbocycles. The van der Waals surface area contributed by atoms with Crippen molar-refractivity contribution in [2.24, 2.45) is 21.8 Å². The molecule has 4 aromatic rings. The Balaban J connectivity index is 0.00000329. The van der Waals surface area contributed by atoms with Gasteiger partial charge in [0.05, 0.1) is 11.4 Å². The monoisotopic (exact) mass is 739 g/mol. The Morgan fingerprint density at radius 2 is 0.884 bits per heavy atom. The van der Waals surface area contributed by atoms with E-state index in [0.29, 0.717) is 0 Å². The first kappa shape index (κ1) is 29.5. The SMILES string of the molecule is CC1C2=NC(=C1c1ccccc1)C1=C(c3ccccc3)C(C)C(=N1)C(C)(C)c1[c-]c(ccc1)-c1[c-]c(ccc1)C2(C)C.[Pt+2]. The van der Waals surface area contributed by atoms with Gasteiger partial charge < -0.3 is 0 Å². The molecular weight excluding hydrogens is 704 g/mol. The summed E-state index contributed by atoms with van der Waals surface area (Å²) in [7, 11) is 0. The summed E-state index contributed by atoms with van der Waals surface area (Å²) >= 11 is 0. The molecule has 3 aliphatic rings. The molecule has 43 heavy (non-hydrogen) atoms. The molecule has 0 amide bonds. The van der Waals surface area contributed by atoms with Crippen LogP contribution in [-0.4, -0.2) is 11.4 Å². The molecule has 3 heteroatoms. The van der Waals surface area contributed by atoms with Gasteiger partial charge in [-0.2, -0.15) is 36.4 Å². The van der Waals surface area contributed by atoms with Crippen LogP contribution in [0.15, 0.2) is 118 Å². The van der Waals surface area contributed by atoms with Crippen molar-refractivity contribution in [2.45, 2.75) is 52.4 Å². The molecule has 0 spiro atoms. The molecule has 0 aliphatic carbocycles. The quantitative estimate of drug-likeness (QED) is 0.183. The second-order valence-corrected chi connectivity index (χ2v) is 12.9. The van der Waals surface area contributed by atoms with Gasteiger partial charge in [-0.15, -0.1) is 23.3 Å². The molecule has 0 saturated carbocycles. The molecule has 0 fully saturated rings. The van der Waals surface area contributed by atoms with Gasteiger partial charge in [0.1, 0.15) is 0 Å². The van der Waals surface area contributed by atoms with Gasteiger partial charge in [-0.05, 0) is 22.3 Å². The zero-order chi connectivity index (χ0) is 29.2. The fourth-order valence-corrected chi connectivity index (χ4v) is 7.23. The third kappa shape index (κ3) is 4.66. The fourth-order valence-electron chi connectivity index (χ4n) is 7.23. The van der Waals surface area contributed by atoms with Crippen LogP contribution in [0, 0.1) is 24.0 Å². The van der Waals surface area contributed by atoms with E-state index in [1.54, 1.807) is 0 Å². The largest absolute Gasteiger partial charge is 2.00 e. The van der Waals surface area contributed by atoms with Crippen LogP contribution < -0.4 is 0 Å². The van der Waals surface area contributed by atoms with Crippen LogP contribution in [-0.2, 0) is 31.9 Å². The fraction of sp³-hybridized carbons (Fsp3) is 0.250. The summed E-state index contributed by atoms with van der Waals surface area (Å²) < 4.78 is 0. The van der Waals surface area contributed by atoms with E-state index in [1.165, 1.54) is 22.3 Å². The van der Waals surface area contributed by atoms with Crippen molar-refractivity contribution in [1.29, 1.82) is 0 Å². The summed E-state index contributed by atoms with van der Waals surface area (Å²) in [6, 6.07) is 42.1. The number of hydrogen-bond donors (Lipinski definition) is 0. The number of fused-ring (bicyclic) bond motifs is 8. The second-order valence-electron chi connectivity index (χ2n) is 12.9. The number of allylic oxidation sites excluding steroid dienone is 2. The smallest absolute Gasteiger partial charge is 0.254 e. The molecule has 2 atom stereocenters. The molecule has 0 saturated heterocycles. The van der Waals surface area contributed by atoms with Crippen molar-refractivity contribution in [1.82, 2.24) is 0 Å². The molecule has 2 nitrogen and oxygen atoms in total. The van der Waals surface area contributed by atoms with Crippen LogP contribution in [0.1, 0.15) is 63.8 Å². The van der Waals surface area contributed by atoms with Gasteiger partial charge in [0, 0.05) is 34.1 Å². The average Bonchev–Trinajstić information content (AvgIpc) is 3.55. The average molecular weight is 740 g/mol. The van der Waals surface area contributed by atoms with E-state index in [1.807, 2.05) is 0 Å². The first-order valence-electron chi connectivity index (χ1n) is 15.0. The minimum Gasteiger partial charge on any atom is -0.254 e. The molecule has 7 rings (SSSR count). The third-order valence-corrected chi connectivity index (χ3v) is 9.56. The molecule has 2 unspecified atom stereocenters. The van der Waals surface area contributed by atoms with E-state index in [9.17, 15) is 0 Å². The van der Waals surface area contributed by atoms with Crippen molar-refractivity contribution in [3.63, 3.8) is 0 Å². The summed E-state index contributed by atoms with van der Waals surface area (Å²) in [4.78, 5) is 11.2. The molecule has 3 aliphatic heterocycles. The predicted octanol–water partition coefficient (Wildman–Crippen LogP) is 9.52. The molecule has 0 aromatic heterocycles. The zero-order valence-corrected chi connectivity index (χ0v) is 27.9. The van der Waals surface area contributed by atoms with E-state index in [2.05, 4.69) is 151 Å². The third-order valence-electron chi connectivity index (χ3n) is 9.56. The van der Waals surface area contributed by atoms with E-state index < -0.39 is 0 Å². The Morgan fingerprint density at radius 3 is 1.26 bits per heavy atom. The normalized spacial score (nSPS) is 21.5.